The molecule has 1 N–H and O–H groups in total. The van der Waals surface area contributed by atoms with Crippen LogP contribution in [0.1, 0.15) is 36.8 Å². The fourth-order valence-corrected chi connectivity index (χ4v) is 3.53. The highest BCUT2D eigenvalue weighted by Gasteiger charge is 2.30. The number of carbonyl (C=O) groups is 2. The number of carboxylic acid groups (broad SMARTS) is 1. The van der Waals surface area contributed by atoms with Gasteiger partial charge in [0.25, 0.3) is 0 Å². The van der Waals surface area contributed by atoms with Gasteiger partial charge in [-0.05, 0) is 37.3 Å². The first-order valence-corrected chi connectivity index (χ1v) is 7.76. The molecule has 2 rings (SSSR count). The lowest BCUT2D eigenvalue weighted by Gasteiger charge is -2.37. The molecule has 0 aliphatic carbocycles. The van der Waals surface area contributed by atoms with Gasteiger partial charge in [-0.1, -0.05) is 0 Å². The molecule has 6 heteroatoms. The molecular weight excluding hydrogens is 276 g/mol. The fourth-order valence-electron chi connectivity index (χ4n) is 2.57. The molecule has 2 heterocycles. The maximum absolute atomic E-state index is 12.5. The molecule has 0 fully saturated rings. The summed E-state index contributed by atoms with van der Waals surface area (Å²) >= 11 is 1.74. The van der Waals surface area contributed by atoms with Crippen molar-refractivity contribution in [3.63, 3.8) is 0 Å². The summed E-state index contributed by atoms with van der Waals surface area (Å²) in [6.45, 7) is 5.42. The maximum atomic E-state index is 12.5. The zero-order valence-corrected chi connectivity index (χ0v) is 12.7. The van der Waals surface area contributed by atoms with Gasteiger partial charge in [-0.15, -0.1) is 11.3 Å². The number of hydrogen-bond donors (Lipinski definition) is 1. The van der Waals surface area contributed by atoms with Crippen molar-refractivity contribution in [1.82, 2.24) is 9.80 Å². The second-order valence-electron chi connectivity index (χ2n) is 4.92. The van der Waals surface area contributed by atoms with Gasteiger partial charge in [-0.3, -0.25) is 4.79 Å². The van der Waals surface area contributed by atoms with Crippen LogP contribution in [0.5, 0.6) is 0 Å². The molecule has 0 aromatic carbocycles. The van der Waals surface area contributed by atoms with Crippen LogP contribution in [0.25, 0.3) is 0 Å². The third-order valence-electron chi connectivity index (χ3n) is 3.77. The van der Waals surface area contributed by atoms with Crippen molar-refractivity contribution in [2.75, 3.05) is 19.6 Å². The highest BCUT2D eigenvalue weighted by molar-refractivity contribution is 7.10. The smallest absolute Gasteiger partial charge is 0.320 e. The van der Waals surface area contributed by atoms with Crippen molar-refractivity contribution in [2.24, 2.45) is 0 Å². The van der Waals surface area contributed by atoms with Gasteiger partial charge in [-0.25, -0.2) is 4.79 Å². The van der Waals surface area contributed by atoms with Crippen molar-refractivity contribution < 1.29 is 14.7 Å². The minimum atomic E-state index is -0.872. The van der Waals surface area contributed by atoms with Gasteiger partial charge in [-0.2, -0.15) is 0 Å². The Balaban J connectivity index is 2.07. The number of thiophene rings is 1. The second kappa shape index (κ2) is 6.26. The summed E-state index contributed by atoms with van der Waals surface area (Å²) in [5.41, 5.74) is 1.23. The van der Waals surface area contributed by atoms with E-state index in [0.717, 1.165) is 6.42 Å². The molecule has 5 nitrogen and oxygen atoms in total. The van der Waals surface area contributed by atoms with Crippen LogP contribution in [0.15, 0.2) is 11.4 Å². The van der Waals surface area contributed by atoms with E-state index in [1.165, 1.54) is 10.4 Å². The summed E-state index contributed by atoms with van der Waals surface area (Å²) in [6, 6.07) is 2.09. The van der Waals surface area contributed by atoms with Gasteiger partial charge >= 0.3 is 12.0 Å². The molecule has 20 heavy (non-hydrogen) atoms. The minimum Gasteiger partial charge on any atom is -0.481 e. The van der Waals surface area contributed by atoms with Crippen molar-refractivity contribution in [3.05, 3.63) is 21.9 Å². The largest absolute Gasteiger partial charge is 0.481 e. The summed E-state index contributed by atoms with van der Waals surface area (Å²) in [6.07, 6.45) is 0.880. The van der Waals surface area contributed by atoms with E-state index in [0.29, 0.717) is 13.1 Å². The Hall–Kier alpha value is -1.56. The number of aliphatic carboxylic acids is 1. The topological polar surface area (TPSA) is 60.9 Å². The molecule has 1 atom stereocenters. The van der Waals surface area contributed by atoms with Gasteiger partial charge in [0.05, 0.1) is 12.5 Å². The molecule has 0 bridgehead atoms. The Morgan fingerprint density at radius 1 is 1.55 bits per heavy atom. The standard InChI is InChI=1S/C14H20N2O3S/c1-3-15(7-5-13(17)18)14(19)16-8-4-12-11(10(16)2)6-9-20-12/h6,9-10H,3-5,7-8H2,1-2H3,(H,17,18). The first kappa shape index (κ1) is 14.8. The molecule has 2 amide bonds. The van der Waals surface area contributed by atoms with Crippen LogP contribution in [-0.2, 0) is 11.2 Å². The molecule has 1 aromatic heterocycles. The van der Waals surface area contributed by atoms with Crippen molar-refractivity contribution >= 4 is 23.3 Å². The Bertz CT molecular complexity index is 500. The summed E-state index contributed by atoms with van der Waals surface area (Å²) in [4.78, 5) is 28.0. The summed E-state index contributed by atoms with van der Waals surface area (Å²) < 4.78 is 0. The predicted molar refractivity (Wildman–Crippen MR) is 78.0 cm³/mol. The van der Waals surface area contributed by atoms with Crippen LogP contribution in [0.3, 0.4) is 0 Å². The predicted octanol–water partition coefficient (Wildman–Crippen LogP) is 2.58. The number of rotatable bonds is 4. The maximum Gasteiger partial charge on any atom is 0.320 e. The van der Waals surface area contributed by atoms with Crippen LogP contribution in [0.2, 0.25) is 0 Å². The molecule has 1 aliphatic heterocycles. The molecule has 0 saturated carbocycles. The molecule has 1 aromatic rings. The van der Waals surface area contributed by atoms with E-state index in [1.807, 2.05) is 18.7 Å². The SMILES string of the molecule is CCN(CCC(=O)O)C(=O)N1CCc2sccc2C1C. The van der Waals surface area contributed by atoms with Gasteiger partial charge in [0.1, 0.15) is 0 Å². The Morgan fingerprint density at radius 3 is 2.95 bits per heavy atom. The van der Waals surface area contributed by atoms with E-state index in [9.17, 15) is 9.59 Å². The first-order valence-electron chi connectivity index (χ1n) is 6.88. The molecule has 1 aliphatic rings. The van der Waals surface area contributed by atoms with E-state index in [-0.39, 0.29) is 25.0 Å². The van der Waals surface area contributed by atoms with E-state index >= 15 is 0 Å². The van der Waals surface area contributed by atoms with Gasteiger partial charge in [0.15, 0.2) is 0 Å². The van der Waals surface area contributed by atoms with Crippen LogP contribution < -0.4 is 0 Å². The number of carboxylic acids is 1. The summed E-state index contributed by atoms with van der Waals surface area (Å²) in [5, 5.41) is 10.8. The lowest BCUT2D eigenvalue weighted by Crippen LogP contribution is -2.47. The third kappa shape index (κ3) is 2.95. The molecule has 0 saturated heterocycles. The van der Waals surface area contributed by atoms with Gasteiger partial charge in [0, 0.05) is 24.5 Å². The molecule has 0 spiro atoms. The van der Waals surface area contributed by atoms with Gasteiger partial charge < -0.3 is 14.9 Å². The molecule has 1 unspecified atom stereocenters. The normalized spacial score (nSPS) is 17.7. The second-order valence-corrected chi connectivity index (χ2v) is 5.93. The fraction of sp³-hybridized carbons (Fsp3) is 0.571. The number of nitrogens with zero attached hydrogens (tertiary/aromatic N) is 2. The lowest BCUT2D eigenvalue weighted by molar-refractivity contribution is -0.137. The average molecular weight is 296 g/mol. The number of amides is 2. The first-order chi connectivity index (χ1) is 9.54. The monoisotopic (exact) mass is 296 g/mol. The van der Waals surface area contributed by atoms with Crippen molar-refractivity contribution in [3.8, 4) is 0 Å². The van der Waals surface area contributed by atoms with Gasteiger partial charge in [0.2, 0.25) is 0 Å². The Kier molecular flexibility index (Phi) is 4.65. The van der Waals surface area contributed by atoms with Crippen molar-refractivity contribution in [1.29, 1.82) is 0 Å². The molecule has 0 radical (unpaired) electrons. The number of hydrogen-bond acceptors (Lipinski definition) is 3. The Labute approximate surface area is 122 Å². The Morgan fingerprint density at radius 2 is 2.30 bits per heavy atom. The lowest BCUT2D eigenvalue weighted by atomic mass is 10.0. The highest BCUT2D eigenvalue weighted by atomic mass is 32.1. The minimum absolute atomic E-state index is 0.00843. The highest BCUT2D eigenvalue weighted by Crippen LogP contribution is 2.33. The number of fused-ring (bicyclic) bond motifs is 1. The zero-order valence-electron chi connectivity index (χ0n) is 11.8. The summed E-state index contributed by atoms with van der Waals surface area (Å²) in [7, 11) is 0. The van der Waals surface area contributed by atoms with E-state index in [4.69, 9.17) is 5.11 Å². The van der Waals surface area contributed by atoms with Crippen LogP contribution >= 0.6 is 11.3 Å². The van der Waals surface area contributed by atoms with E-state index in [1.54, 1.807) is 16.2 Å². The van der Waals surface area contributed by atoms with Crippen molar-refractivity contribution in [2.45, 2.75) is 32.7 Å². The quantitative estimate of drug-likeness (QED) is 0.929. The molecular formula is C14H20N2O3S. The summed E-state index contributed by atoms with van der Waals surface area (Å²) in [5.74, 6) is -0.872. The zero-order chi connectivity index (χ0) is 14.7. The van der Waals surface area contributed by atoms with E-state index in [2.05, 4.69) is 11.4 Å². The number of carbonyl (C=O) groups excluding carboxylic acids is 1. The third-order valence-corrected chi connectivity index (χ3v) is 4.77. The average Bonchev–Trinajstić information content (AvgIpc) is 2.88. The van der Waals surface area contributed by atoms with Crippen LogP contribution in [-0.4, -0.2) is 46.5 Å². The van der Waals surface area contributed by atoms with Crippen LogP contribution in [0, 0.1) is 0 Å². The van der Waals surface area contributed by atoms with E-state index < -0.39 is 5.97 Å². The van der Waals surface area contributed by atoms with Crippen LogP contribution in [0.4, 0.5) is 4.79 Å². The number of urea groups is 1. The molecule has 110 valence electrons.